The van der Waals surface area contributed by atoms with Crippen molar-refractivity contribution < 1.29 is 0 Å². The van der Waals surface area contributed by atoms with Crippen molar-refractivity contribution in [1.82, 2.24) is 10.3 Å². The van der Waals surface area contributed by atoms with Gasteiger partial charge < -0.3 is 5.32 Å². The van der Waals surface area contributed by atoms with Gasteiger partial charge in [-0.1, -0.05) is 32.6 Å². The molecule has 1 aliphatic carbocycles. The van der Waals surface area contributed by atoms with Gasteiger partial charge in [0, 0.05) is 12.2 Å². The smallest absolute Gasteiger partial charge is 0.0575 e. The highest BCUT2D eigenvalue weighted by Gasteiger charge is 2.21. The molecule has 2 nitrogen and oxygen atoms in total. The predicted molar refractivity (Wildman–Crippen MR) is 72.0 cm³/mol. The molecule has 1 N–H and O–H groups in total. The second-order valence-corrected chi connectivity index (χ2v) is 5.25. The number of nitrogens with zero attached hydrogens (tertiary/aromatic N) is 1. The van der Waals surface area contributed by atoms with Crippen LogP contribution in [0.25, 0.3) is 0 Å². The van der Waals surface area contributed by atoms with Gasteiger partial charge in [-0.3, -0.25) is 4.98 Å². The average Bonchev–Trinajstić information content (AvgIpc) is 2.81. The zero-order valence-corrected chi connectivity index (χ0v) is 11.1. The van der Waals surface area contributed by atoms with Crippen LogP contribution in [-0.2, 0) is 0 Å². The number of hydrogen-bond donors (Lipinski definition) is 1. The summed E-state index contributed by atoms with van der Waals surface area (Å²) in [5.41, 5.74) is 2.53. The van der Waals surface area contributed by atoms with Crippen molar-refractivity contribution in [2.75, 3.05) is 6.54 Å². The molecule has 0 radical (unpaired) electrons. The van der Waals surface area contributed by atoms with Crippen molar-refractivity contribution in [1.29, 1.82) is 0 Å². The first-order chi connectivity index (χ1) is 8.29. The minimum atomic E-state index is 0.447. The van der Waals surface area contributed by atoms with E-state index in [2.05, 4.69) is 36.3 Å². The van der Waals surface area contributed by atoms with Crippen LogP contribution in [0.3, 0.4) is 0 Å². The van der Waals surface area contributed by atoms with Crippen LogP contribution in [0.2, 0.25) is 0 Å². The van der Waals surface area contributed by atoms with Crippen LogP contribution in [0, 0.1) is 12.8 Å². The van der Waals surface area contributed by atoms with E-state index in [4.69, 9.17) is 0 Å². The average molecular weight is 232 g/mol. The third-order valence-corrected chi connectivity index (χ3v) is 3.79. The highest BCUT2D eigenvalue weighted by molar-refractivity contribution is 5.17. The summed E-state index contributed by atoms with van der Waals surface area (Å²) in [6.07, 6.45) is 8.85. The lowest BCUT2D eigenvalue weighted by atomic mass is 9.95. The van der Waals surface area contributed by atoms with E-state index in [1.807, 2.05) is 6.20 Å². The summed E-state index contributed by atoms with van der Waals surface area (Å²) in [4.78, 5) is 4.54. The van der Waals surface area contributed by atoms with Crippen molar-refractivity contribution in [3.63, 3.8) is 0 Å². The van der Waals surface area contributed by atoms with Crippen LogP contribution in [0.5, 0.6) is 0 Å². The van der Waals surface area contributed by atoms with Crippen LogP contribution in [-0.4, -0.2) is 11.5 Å². The van der Waals surface area contributed by atoms with E-state index in [9.17, 15) is 0 Å². The third-order valence-electron chi connectivity index (χ3n) is 3.79. The Balaban J connectivity index is 2.04. The van der Waals surface area contributed by atoms with Crippen LogP contribution in [0.15, 0.2) is 18.3 Å². The Morgan fingerprint density at radius 1 is 1.41 bits per heavy atom. The summed E-state index contributed by atoms with van der Waals surface area (Å²) >= 11 is 0. The van der Waals surface area contributed by atoms with Gasteiger partial charge in [-0.25, -0.2) is 0 Å². The van der Waals surface area contributed by atoms with Crippen LogP contribution in [0.4, 0.5) is 0 Å². The number of rotatable bonds is 5. The summed E-state index contributed by atoms with van der Waals surface area (Å²) in [5, 5.41) is 3.59. The monoisotopic (exact) mass is 232 g/mol. The molecular formula is C15H24N2. The zero-order chi connectivity index (χ0) is 12.1. The van der Waals surface area contributed by atoms with Crippen molar-refractivity contribution in [3.8, 4) is 0 Å². The molecule has 94 valence electrons. The molecule has 1 heterocycles. The Kier molecular flexibility index (Phi) is 4.55. The van der Waals surface area contributed by atoms with Crippen molar-refractivity contribution >= 4 is 0 Å². The Hall–Kier alpha value is -0.890. The lowest BCUT2D eigenvalue weighted by molar-refractivity contribution is 0.395. The molecule has 1 saturated carbocycles. The summed E-state index contributed by atoms with van der Waals surface area (Å²) in [6, 6.07) is 4.74. The zero-order valence-electron chi connectivity index (χ0n) is 11.1. The number of nitrogens with one attached hydrogen (secondary N) is 1. The van der Waals surface area contributed by atoms with Gasteiger partial charge in [0.2, 0.25) is 0 Å². The minimum Gasteiger partial charge on any atom is -0.309 e. The second kappa shape index (κ2) is 6.15. The normalized spacial score (nSPS) is 18.5. The van der Waals surface area contributed by atoms with Gasteiger partial charge in [0.1, 0.15) is 0 Å². The van der Waals surface area contributed by atoms with Crippen LogP contribution >= 0.6 is 0 Å². The molecule has 1 unspecified atom stereocenters. The molecule has 0 bridgehead atoms. The Morgan fingerprint density at radius 2 is 2.18 bits per heavy atom. The Morgan fingerprint density at radius 3 is 2.82 bits per heavy atom. The molecule has 1 fully saturated rings. The molecule has 2 rings (SSSR count). The fourth-order valence-electron chi connectivity index (χ4n) is 2.88. The lowest BCUT2D eigenvalue weighted by Gasteiger charge is -2.21. The maximum atomic E-state index is 4.54. The summed E-state index contributed by atoms with van der Waals surface area (Å²) in [6.45, 7) is 5.34. The number of pyridine rings is 1. The Bertz CT molecular complexity index is 343. The highest BCUT2D eigenvalue weighted by atomic mass is 14.9. The highest BCUT2D eigenvalue weighted by Crippen LogP contribution is 2.32. The van der Waals surface area contributed by atoms with Crippen LogP contribution in [0.1, 0.15) is 56.3 Å². The molecule has 2 heteroatoms. The van der Waals surface area contributed by atoms with Gasteiger partial charge in [-0.2, -0.15) is 0 Å². The summed E-state index contributed by atoms with van der Waals surface area (Å²) < 4.78 is 0. The van der Waals surface area contributed by atoms with E-state index in [0.29, 0.717) is 6.04 Å². The maximum absolute atomic E-state index is 4.54. The molecule has 1 aromatic heterocycles. The van der Waals surface area contributed by atoms with E-state index in [1.165, 1.54) is 43.4 Å². The molecular weight excluding hydrogens is 208 g/mol. The van der Waals surface area contributed by atoms with E-state index in [0.717, 1.165) is 12.5 Å². The minimum absolute atomic E-state index is 0.447. The van der Waals surface area contributed by atoms with Gasteiger partial charge in [-0.05, 0) is 43.5 Å². The topological polar surface area (TPSA) is 24.9 Å². The SMILES string of the molecule is CCNC(CC1CCCC1)c1cc(C)ccn1. The first kappa shape index (κ1) is 12.6. The molecule has 0 saturated heterocycles. The van der Waals surface area contributed by atoms with Gasteiger partial charge in [0.05, 0.1) is 5.69 Å². The standard InChI is InChI=1S/C15H24N2/c1-3-16-15(11-13-6-4-5-7-13)14-10-12(2)8-9-17-14/h8-10,13,15-16H,3-7,11H2,1-2H3. The van der Waals surface area contributed by atoms with E-state index >= 15 is 0 Å². The van der Waals surface area contributed by atoms with Crippen molar-refractivity contribution in [2.45, 2.75) is 52.0 Å². The molecule has 1 aromatic rings. The Labute approximate surface area is 105 Å². The predicted octanol–water partition coefficient (Wildman–Crippen LogP) is 3.62. The molecule has 1 aliphatic rings. The fraction of sp³-hybridized carbons (Fsp3) is 0.667. The molecule has 17 heavy (non-hydrogen) atoms. The molecule has 0 spiro atoms. The van der Waals surface area contributed by atoms with Gasteiger partial charge in [-0.15, -0.1) is 0 Å². The molecule has 0 aromatic carbocycles. The van der Waals surface area contributed by atoms with E-state index in [1.54, 1.807) is 0 Å². The molecule has 0 aliphatic heterocycles. The summed E-state index contributed by atoms with van der Waals surface area (Å²) in [5.74, 6) is 0.904. The maximum Gasteiger partial charge on any atom is 0.0575 e. The largest absolute Gasteiger partial charge is 0.309 e. The van der Waals surface area contributed by atoms with Gasteiger partial charge in [0.25, 0.3) is 0 Å². The van der Waals surface area contributed by atoms with Gasteiger partial charge >= 0.3 is 0 Å². The van der Waals surface area contributed by atoms with Crippen molar-refractivity contribution in [3.05, 3.63) is 29.6 Å². The number of hydrogen-bond acceptors (Lipinski definition) is 2. The quantitative estimate of drug-likeness (QED) is 0.838. The lowest BCUT2D eigenvalue weighted by Crippen LogP contribution is -2.24. The van der Waals surface area contributed by atoms with Gasteiger partial charge in [0.15, 0.2) is 0 Å². The van der Waals surface area contributed by atoms with E-state index in [-0.39, 0.29) is 0 Å². The summed E-state index contributed by atoms with van der Waals surface area (Å²) in [7, 11) is 0. The van der Waals surface area contributed by atoms with Crippen LogP contribution < -0.4 is 5.32 Å². The van der Waals surface area contributed by atoms with Crippen molar-refractivity contribution in [2.24, 2.45) is 5.92 Å². The number of aromatic nitrogens is 1. The number of aryl methyl sites for hydroxylation is 1. The second-order valence-electron chi connectivity index (χ2n) is 5.25. The molecule has 0 amide bonds. The fourth-order valence-corrected chi connectivity index (χ4v) is 2.88. The molecule has 1 atom stereocenters. The van der Waals surface area contributed by atoms with E-state index < -0.39 is 0 Å². The first-order valence-electron chi connectivity index (χ1n) is 6.95. The third kappa shape index (κ3) is 3.53. The first-order valence-corrected chi connectivity index (χ1v) is 6.95.